The number of fused-ring (bicyclic) bond motifs is 1. The number of nitrogens with zero attached hydrogens (tertiary/aromatic N) is 3. The molecule has 1 aromatic heterocycles. The molecule has 6 nitrogen and oxygen atoms in total. The Kier molecular flexibility index (Phi) is 6.34. The number of piperidine rings is 2. The van der Waals surface area contributed by atoms with E-state index in [0.29, 0.717) is 30.6 Å². The Morgan fingerprint density at radius 1 is 1.14 bits per heavy atom. The molecule has 2 fully saturated rings. The number of rotatable bonds is 4. The maximum atomic E-state index is 14.0. The van der Waals surface area contributed by atoms with E-state index in [0.717, 1.165) is 29.1 Å². The zero-order valence-corrected chi connectivity index (χ0v) is 19.9. The number of aromatic nitrogens is 2. The summed E-state index contributed by atoms with van der Waals surface area (Å²) < 4.78 is 49.0. The summed E-state index contributed by atoms with van der Waals surface area (Å²) in [6.07, 6.45) is 6.24. The van der Waals surface area contributed by atoms with Crippen LogP contribution in [-0.2, 0) is 4.79 Å². The van der Waals surface area contributed by atoms with E-state index in [2.05, 4.69) is 4.98 Å². The average Bonchev–Trinajstić information content (AvgIpc) is 3.29. The maximum Gasteiger partial charge on any atom is 0.250 e. The molecule has 0 bridgehead atoms. The quantitative estimate of drug-likeness (QED) is 0.412. The third-order valence-corrected chi connectivity index (χ3v) is 6.95. The summed E-state index contributed by atoms with van der Waals surface area (Å²) in [5.41, 5.74) is 3.12. The Bertz CT molecular complexity index is 1330. The lowest BCUT2D eigenvalue weighted by Gasteiger charge is -2.47. The first kappa shape index (κ1) is 24.1. The van der Waals surface area contributed by atoms with Gasteiger partial charge in [0.15, 0.2) is 17.5 Å². The topological polar surface area (TPSA) is 67.6 Å². The lowest BCUT2D eigenvalue weighted by atomic mass is 9.82. The minimum absolute atomic E-state index is 0.118. The second-order valence-electron chi connectivity index (χ2n) is 9.37. The Hall–Kier alpha value is -3.59. The Labute approximate surface area is 206 Å². The van der Waals surface area contributed by atoms with Crippen LogP contribution in [0.1, 0.15) is 48.5 Å². The highest BCUT2D eigenvalue weighted by molar-refractivity contribution is 5.99. The van der Waals surface area contributed by atoms with Gasteiger partial charge in [-0.15, -0.1) is 0 Å². The molecule has 9 heteroatoms. The molecule has 2 aliphatic rings. The van der Waals surface area contributed by atoms with Crippen molar-refractivity contribution >= 4 is 12.0 Å². The average molecular weight is 498 g/mol. The van der Waals surface area contributed by atoms with Crippen molar-refractivity contribution < 1.29 is 27.8 Å². The van der Waals surface area contributed by atoms with E-state index in [-0.39, 0.29) is 23.9 Å². The second kappa shape index (κ2) is 9.46. The van der Waals surface area contributed by atoms with E-state index in [4.69, 9.17) is 4.74 Å². The van der Waals surface area contributed by atoms with Crippen LogP contribution < -0.4 is 4.74 Å². The Balaban J connectivity index is 1.47. The molecule has 2 saturated heterocycles. The number of hydrogen-bond donors (Lipinski definition) is 1. The first-order valence-electron chi connectivity index (χ1n) is 11.8. The monoisotopic (exact) mass is 497 g/mol. The van der Waals surface area contributed by atoms with Crippen molar-refractivity contribution in [2.24, 2.45) is 0 Å². The number of amides is 1. The van der Waals surface area contributed by atoms with Crippen LogP contribution in [0.25, 0.3) is 11.8 Å². The smallest absolute Gasteiger partial charge is 0.250 e. The number of carbonyl (C=O) groups excluding carboxylic acids is 1. The zero-order valence-electron chi connectivity index (χ0n) is 19.9. The van der Waals surface area contributed by atoms with E-state index in [1.165, 1.54) is 0 Å². The molecular formula is C27H26F3N3O3. The summed E-state index contributed by atoms with van der Waals surface area (Å²) in [6.45, 7) is 1.89. The van der Waals surface area contributed by atoms with Gasteiger partial charge in [0.2, 0.25) is 0 Å². The zero-order chi connectivity index (χ0) is 25.6. The van der Waals surface area contributed by atoms with Crippen LogP contribution in [0, 0.1) is 24.4 Å². The molecular weight excluding hydrogens is 471 g/mol. The van der Waals surface area contributed by atoms with Gasteiger partial charge in [0, 0.05) is 17.8 Å². The van der Waals surface area contributed by atoms with Crippen LogP contribution >= 0.6 is 0 Å². The molecule has 5 rings (SSSR count). The highest BCUT2D eigenvalue weighted by Gasteiger charge is 2.42. The fourth-order valence-electron chi connectivity index (χ4n) is 5.26. The predicted molar refractivity (Wildman–Crippen MR) is 127 cm³/mol. The number of halogens is 3. The van der Waals surface area contributed by atoms with E-state index in [1.807, 2.05) is 35.9 Å². The van der Waals surface area contributed by atoms with E-state index < -0.39 is 29.6 Å². The highest BCUT2D eigenvalue weighted by Crippen LogP contribution is 2.41. The molecule has 0 unspecified atom stereocenters. The number of carbonyl (C=O) groups is 1. The normalized spacial score (nSPS) is 23.2. The van der Waals surface area contributed by atoms with E-state index in [1.54, 1.807) is 24.4 Å². The molecule has 0 radical (unpaired) electrons. The van der Waals surface area contributed by atoms with E-state index >= 15 is 0 Å². The first-order chi connectivity index (χ1) is 17.2. The number of ether oxygens (including phenoxy) is 1. The van der Waals surface area contributed by atoms with Crippen LogP contribution in [0.3, 0.4) is 0 Å². The summed E-state index contributed by atoms with van der Waals surface area (Å²) in [6, 6.07) is 6.37. The number of aryl methyl sites for hydroxylation is 1. The number of imidazole rings is 1. The number of hydrogen-bond acceptors (Lipinski definition) is 4. The summed E-state index contributed by atoms with van der Waals surface area (Å²) >= 11 is 0. The molecule has 0 saturated carbocycles. The summed E-state index contributed by atoms with van der Waals surface area (Å²) in [4.78, 5) is 19.4. The van der Waals surface area contributed by atoms with Crippen molar-refractivity contribution in [3.05, 3.63) is 82.7 Å². The van der Waals surface area contributed by atoms with Gasteiger partial charge in [-0.2, -0.15) is 0 Å². The fraction of sp³-hybridized carbons (Fsp3) is 0.333. The van der Waals surface area contributed by atoms with Gasteiger partial charge in [-0.3, -0.25) is 4.79 Å². The van der Waals surface area contributed by atoms with Gasteiger partial charge in [0.1, 0.15) is 5.75 Å². The van der Waals surface area contributed by atoms with Gasteiger partial charge in [-0.05, 0) is 74.1 Å². The van der Waals surface area contributed by atoms with Crippen molar-refractivity contribution in [2.75, 3.05) is 7.11 Å². The number of aliphatic hydroxyl groups excluding tert-OH is 1. The van der Waals surface area contributed by atoms with Gasteiger partial charge in [0.25, 0.3) is 5.91 Å². The van der Waals surface area contributed by atoms with Gasteiger partial charge >= 0.3 is 0 Å². The molecule has 3 atom stereocenters. The number of benzene rings is 2. The van der Waals surface area contributed by atoms with Gasteiger partial charge in [-0.25, -0.2) is 18.2 Å². The molecule has 0 aliphatic carbocycles. The predicted octanol–water partition coefficient (Wildman–Crippen LogP) is 4.88. The van der Waals surface area contributed by atoms with Crippen molar-refractivity contribution in [3.8, 4) is 11.4 Å². The fourth-order valence-corrected chi connectivity index (χ4v) is 5.26. The first-order valence-corrected chi connectivity index (χ1v) is 11.8. The van der Waals surface area contributed by atoms with Crippen molar-refractivity contribution in [2.45, 2.75) is 50.8 Å². The molecule has 0 spiro atoms. The molecule has 3 heterocycles. The third kappa shape index (κ3) is 4.39. The lowest BCUT2D eigenvalue weighted by Crippen LogP contribution is -2.52. The Morgan fingerprint density at radius 2 is 1.89 bits per heavy atom. The van der Waals surface area contributed by atoms with Gasteiger partial charge in [-0.1, -0.05) is 6.07 Å². The molecule has 3 aromatic rings. The minimum atomic E-state index is -1.56. The minimum Gasteiger partial charge on any atom is -0.495 e. The summed E-state index contributed by atoms with van der Waals surface area (Å²) in [7, 11) is 1.57. The van der Waals surface area contributed by atoms with Gasteiger partial charge in [0.05, 0.1) is 37.0 Å². The molecule has 1 N–H and O–H groups in total. The molecule has 188 valence electrons. The summed E-state index contributed by atoms with van der Waals surface area (Å²) in [5, 5.41) is 10.4. The lowest BCUT2D eigenvalue weighted by molar-refractivity contribution is -0.139. The number of methoxy groups -OCH3 is 1. The van der Waals surface area contributed by atoms with Crippen LogP contribution in [0.4, 0.5) is 13.2 Å². The molecule has 2 aromatic carbocycles. The molecule has 1 amide bonds. The van der Waals surface area contributed by atoms with E-state index in [9.17, 15) is 23.1 Å². The highest BCUT2D eigenvalue weighted by atomic mass is 19.2. The van der Waals surface area contributed by atoms with Crippen LogP contribution in [-0.4, -0.2) is 44.7 Å². The number of aliphatic hydroxyl groups is 1. The standard InChI is InChI=1S/C27H26F3N3O3/c1-15-13-32(14-31-15)23-6-3-16(8-25(23)36-2)7-17-4-5-19-11-20(34)12-24(33(19)27(17)35)18-9-21(28)26(30)22(29)10-18/h3,6-10,13-14,19-20,24,34H,4-5,11-12H2,1-2H3/t19-,20-,24+/m0/s1. The summed E-state index contributed by atoms with van der Waals surface area (Å²) in [5.74, 6) is -3.84. The van der Waals surface area contributed by atoms with Crippen molar-refractivity contribution in [1.82, 2.24) is 14.5 Å². The second-order valence-corrected chi connectivity index (χ2v) is 9.37. The SMILES string of the molecule is COc1cc(C=C2CC[C@H]3C[C@H](O)C[C@H](c4cc(F)c(F)c(F)c4)N3C2=O)ccc1-n1cnc(C)c1. The Morgan fingerprint density at radius 3 is 2.56 bits per heavy atom. The van der Waals surface area contributed by atoms with Gasteiger partial charge < -0.3 is 19.3 Å². The van der Waals surface area contributed by atoms with Crippen molar-refractivity contribution in [1.29, 1.82) is 0 Å². The van der Waals surface area contributed by atoms with Crippen molar-refractivity contribution in [3.63, 3.8) is 0 Å². The van der Waals surface area contributed by atoms with Crippen LogP contribution in [0.2, 0.25) is 0 Å². The molecule has 2 aliphatic heterocycles. The molecule has 36 heavy (non-hydrogen) atoms. The largest absolute Gasteiger partial charge is 0.495 e. The van der Waals surface area contributed by atoms with Crippen LogP contribution in [0.15, 0.2) is 48.4 Å². The maximum absolute atomic E-state index is 14.0. The van der Waals surface area contributed by atoms with Crippen LogP contribution in [0.5, 0.6) is 5.75 Å². The third-order valence-electron chi connectivity index (χ3n) is 6.95.